The van der Waals surface area contributed by atoms with Gasteiger partial charge in [0.15, 0.2) is 0 Å². The van der Waals surface area contributed by atoms with Crippen LogP contribution in [0.15, 0.2) is 0 Å². The Morgan fingerprint density at radius 2 is 2.27 bits per heavy atom. The molecule has 1 saturated carbocycles. The van der Waals surface area contributed by atoms with Gasteiger partial charge in [-0.1, -0.05) is 38.0 Å². The highest BCUT2D eigenvalue weighted by molar-refractivity contribution is 7.15. The highest BCUT2D eigenvalue weighted by atomic mass is 35.5. The number of anilines is 1. The Bertz CT molecular complexity index is 521. The van der Waals surface area contributed by atoms with Gasteiger partial charge in [-0.15, -0.1) is 22.6 Å². The van der Waals surface area contributed by atoms with Gasteiger partial charge < -0.3 is 5.32 Å². The zero-order valence-electron chi connectivity index (χ0n) is 13.2. The van der Waals surface area contributed by atoms with E-state index in [1.165, 1.54) is 17.8 Å². The first kappa shape index (κ1) is 17.6. The van der Waals surface area contributed by atoms with E-state index in [2.05, 4.69) is 34.7 Å². The molecule has 2 fully saturated rings. The van der Waals surface area contributed by atoms with Crippen LogP contribution in [-0.4, -0.2) is 29.2 Å². The monoisotopic (exact) mass is 344 g/mol. The van der Waals surface area contributed by atoms with E-state index in [4.69, 9.17) is 0 Å². The zero-order chi connectivity index (χ0) is 14.9. The fourth-order valence-electron chi connectivity index (χ4n) is 3.65. The summed E-state index contributed by atoms with van der Waals surface area (Å²) in [6.45, 7) is 6.11. The van der Waals surface area contributed by atoms with Crippen molar-refractivity contribution in [3.8, 4) is 0 Å². The summed E-state index contributed by atoms with van der Waals surface area (Å²) in [6, 6.07) is 0. The van der Waals surface area contributed by atoms with Crippen LogP contribution in [0.1, 0.15) is 44.5 Å². The minimum atomic E-state index is -0.220. The summed E-state index contributed by atoms with van der Waals surface area (Å²) >= 11 is 1.51. The number of aromatic nitrogens is 2. The lowest BCUT2D eigenvalue weighted by molar-refractivity contribution is -0.128. The molecule has 0 unspecified atom stereocenters. The summed E-state index contributed by atoms with van der Waals surface area (Å²) in [5.74, 6) is 1.18. The van der Waals surface area contributed by atoms with E-state index >= 15 is 0 Å². The van der Waals surface area contributed by atoms with Crippen molar-refractivity contribution in [1.82, 2.24) is 15.5 Å². The second-order valence-corrected chi connectivity index (χ2v) is 7.84. The smallest absolute Gasteiger partial charge is 0.234 e. The van der Waals surface area contributed by atoms with Crippen LogP contribution in [0.2, 0.25) is 0 Å². The molecule has 0 bridgehead atoms. The summed E-state index contributed by atoms with van der Waals surface area (Å²) in [4.78, 5) is 12.8. The molecule has 0 aromatic carbocycles. The molecule has 2 N–H and O–H groups in total. The van der Waals surface area contributed by atoms with E-state index in [1.807, 2.05) is 0 Å². The SMILES string of the molecule is CC(C)Cc1nnc(NC(=O)[C@@]23CCCC[C@H]2CNC3)s1.Cl. The number of rotatable bonds is 4. The average Bonchev–Trinajstić information content (AvgIpc) is 3.05. The standard InChI is InChI=1S/C15H24N4OS.ClH/c1-10(2)7-12-18-19-14(21-12)17-13(20)15-6-4-3-5-11(15)8-16-9-15;/h10-11,16H,3-9H2,1-2H3,(H,17,19,20);1H/t11-,15+;/m0./s1. The molecule has 124 valence electrons. The van der Waals surface area contributed by atoms with Crippen LogP contribution in [0, 0.1) is 17.3 Å². The van der Waals surface area contributed by atoms with Crippen LogP contribution in [0.25, 0.3) is 0 Å². The Kier molecular flexibility index (Phi) is 5.80. The van der Waals surface area contributed by atoms with E-state index in [0.29, 0.717) is 17.0 Å². The van der Waals surface area contributed by atoms with E-state index in [1.54, 1.807) is 0 Å². The van der Waals surface area contributed by atoms with Crippen LogP contribution in [0.5, 0.6) is 0 Å². The first-order valence-electron chi connectivity index (χ1n) is 7.95. The third-order valence-electron chi connectivity index (χ3n) is 4.76. The van der Waals surface area contributed by atoms with Gasteiger partial charge in [0.25, 0.3) is 0 Å². The largest absolute Gasteiger partial charge is 0.315 e. The maximum Gasteiger partial charge on any atom is 0.234 e. The number of nitrogens with zero attached hydrogens (tertiary/aromatic N) is 2. The van der Waals surface area contributed by atoms with Crippen molar-refractivity contribution in [2.45, 2.75) is 46.0 Å². The number of fused-ring (bicyclic) bond motifs is 1. The number of carbonyl (C=O) groups is 1. The molecule has 0 spiro atoms. The van der Waals surface area contributed by atoms with E-state index in [0.717, 1.165) is 43.8 Å². The predicted molar refractivity (Wildman–Crippen MR) is 91.6 cm³/mol. The number of carbonyl (C=O) groups excluding carboxylic acids is 1. The fourth-order valence-corrected chi connectivity index (χ4v) is 4.59. The molecule has 2 aliphatic rings. The lowest BCUT2D eigenvalue weighted by Crippen LogP contribution is -2.44. The Hall–Kier alpha value is -0.720. The van der Waals surface area contributed by atoms with Gasteiger partial charge in [-0.25, -0.2) is 0 Å². The summed E-state index contributed by atoms with van der Waals surface area (Å²) in [6.07, 6.45) is 5.48. The fraction of sp³-hybridized carbons (Fsp3) is 0.800. The normalized spacial score (nSPS) is 27.3. The van der Waals surface area contributed by atoms with Crippen molar-refractivity contribution in [2.75, 3.05) is 18.4 Å². The molecule has 2 heterocycles. The molecule has 3 rings (SSSR count). The molecule has 0 radical (unpaired) electrons. The molecule has 1 aromatic heterocycles. The molecule has 22 heavy (non-hydrogen) atoms. The lowest BCUT2D eigenvalue weighted by atomic mass is 9.68. The van der Waals surface area contributed by atoms with Crippen LogP contribution in [0.3, 0.4) is 0 Å². The van der Waals surface area contributed by atoms with Crippen molar-refractivity contribution in [1.29, 1.82) is 0 Å². The first-order valence-corrected chi connectivity index (χ1v) is 8.76. The summed E-state index contributed by atoms with van der Waals surface area (Å²) in [7, 11) is 0. The average molecular weight is 345 g/mol. The number of hydrogen-bond acceptors (Lipinski definition) is 5. The van der Waals surface area contributed by atoms with Crippen molar-refractivity contribution in [2.24, 2.45) is 17.3 Å². The first-order chi connectivity index (χ1) is 10.1. The molecule has 1 aliphatic carbocycles. The summed E-state index contributed by atoms with van der Waals surface area (Å²) in [5, 5.41) is 16.4. The van der Waals surface area contributed by atoms with Crippen molar-refractivity contribution in [3.05, 3.63) is 5.01 Å². The molecule has 1 aromatic rings. The Morgan fingerprint density at radius 1 is 1.45 bits per heavy atom. The maximum atomic E-state index is 12.8. The van der Waals surface area contributed by atoms with Crippen molar-refractivity contribution in [3.63, 3.8) is 0 Å². The number of hydrogen-bond donors (Lipinski definition) is 2. The summed E-state index contributed by atoms with van der Waals surface area (Å²) < 4.78 is 0. The van der Waals surface area contributed by atoms with E-state index < -0.39 is 0 Å². The van der Waals surface area contributed by atoms with Gasteiger partial charge in [0.05, 0.1) is 5.41 Å². The van der Waals surface area contributed by atoms with Gasteiger partial charge in [0.2, 0.25) is 11.0 Å². The van der Waals surface area contributed by atoms with E-state index in [9.17, 15) is 4.79 Å². The van der Waals surface area contributed by atoms with Crippen molar-refractivity contribution >= 4 is 34.8 Å². The molecular weight excluding hydrogens is 320 g/mol. The third kappa shape index (κ3) is 3.44. The zero-order valence-corrected chi connectivity index (χ0v) is 14.9. The molecule has 5 nitrogen and oxygen atoms in total. The Balaban J connectivity index is 0.00000176. The molecule has 1 saturated heterocycles. The van der Waals surface area contributed by atoms with E-state index in [-0.39, 0.29) is 23.7 Å². The third-order valence-corrected chi connectivity index (χ3v) is 5.62. The quantitative estimate of drug-likeness (QED) is 0.881. The van der Waals surface area contributed by atoms with Gasteiger partial charge in [-0.3, -0.25) is 10.1 Å². The topological polar surface area (TPSA) is 66.9 Å². The molecule has 1 amide bonds. The van der Waals surface area contributed by atoms with Crippen molar-refractivity contribution < 1.29 is 4.79 Å². The minimum absolute atomic E-state index is 0. The molecule has 1 aliphatic heterocycles. The number of nitrogens with one attached hydrogen (secondary N) is 2. The van der Waals surface area contributed by atoms with Gasteiger partial charge in [0.1, 0.15) is 5.01 Å². The summed E-state index contributed by atoms with van der Waals surface area (Å²) in [5.41, 5.74) is -0.220. The number of amides is 1. The van der Waals surface area contributed by atoms with Gasteiger partial charge in [-0.05, 0) is 31.2 Å². The molecule has 7 heteroatoms. The number of halogens is 1. The maximum absolute atomic E-state index is 12.8. The Morgan fingerprint density at radius 3 is 3.05 bits per heavy atom. The van der Waals surface area contributed by atoms with Crippen LogP contribution >= 0.6 is 23.7 Å². The predicted octanol–water partition coefficient (Wildman–Crippen LogP) is 2.88. The molecular formula is C15H25ClN4OS. The highest BCUT2D eigenvalue weighted by Crippen LogP contribution is 2.44. The van der Waals surface area contributed by atoms with Gasteiger partial charge >= 0.3 is 0 Å². The van der Waals surface area contributed by atoms with Crippen LogP contribution in [-0.2, 0) is 11.2 Å². The Labute approximate surface area is 142 Å². The minimum Gasteiger partial charge on any atom is -0.315 e. The van der Waals surface area contributed by atoms with Gasteiger partial charge in [0, 0.05) is 13.0 Å². The van der Waals surface area contributed by atoms with Crippen LogP contribution < -0.4 is 10.6 Å². The van der Waals surface area contributed by atoms with Crippen LogP contribution in [0.4, 0.5) is 5.13 Å². The second kappa shape index (κ2) is 7.23. The highest BCUT2D eigenvalue weighted by Gasteiger charge is 2.50. The second-order valence-electron chi connectivity index (χ2n) is 6.78. The lowest BCUT2D eigenvalue weighted by Gasteiger charge is -2.36. The molecule has 2 atom stereocenters. The van der Waals surface area contributed by atoms with Gasteiger partial charge in [-0.2, -0.15) is 0 Å².